The second kappa shape index (κ2) is 5.84. The minimum absolute atomic E-state index is 0.0526. The molecule has 1 aromatic rings. The molecule has 1 aliphatic rings. The van der Waals surface area contributed by atoms with Crippen LogP contribution in [-0.4, -0.2) is 53.5 Å². The maximum Gasteiger partial charge on any atom is 0.317 e. The summed E-state index contributed by atoms with van der Waals surface area (Å²) in [6.45, 7) is -0.117. The van der Waals surface area contributed by atoms with E-state index in [1.165, 1.54) is 12.3 Å². The topological polar surface area (TPSA) is 87.6 Å². The van der Waals surface area contributed by atoms with Crippen molar-refractivity contribution in [1.82, 2.24) is 9.88 Å². The molecule has 1 unspecified atom stereocenters. The maximum atomic E-state index is 13.1. The van der Waals surface area contributed by atoms with Gasteiger partial charge in [0.25, 0.3) is 0 Å². The Morgan fingerprint density at radius 1 is 1.50 bits per heavy atom. The molecule has 0 aliphatic carbocycles. The number of sulfone groups is 1. The molecule has 1 N–H and O–H groups in total. The van der Waals surface area contributed by atoms with Gasteiger partial charge in [-0.05, 0) is 18.1 Å². The number of halogens is 1. The van der Waals surface area contributed by atoms with Gasteiger partial charge in [-0.3, -0.25) is 14.7 Å². The molecule has 0 radical (unpaired) electrons. The molecule has 2 rings (SSSR count). The van der Waals surface area contributed by atoms with Gasteiger partial charge in [0.05, 0.1) is 24.2 Å². The van der Waals surface area contributed by atoms with Gasteiger partial charge in [0.15, 0.2) is 9.84 Å². The second-order valence-electron chi connectivity index (χ2n) is 4.87. The first-order chi connectivity index (χ1) is 9.35. The third-order valence-electron chi connectivity index (χ3n) is 3.21. The third kappa shape index (κ3) is 3.97. The molecule has 20 heavy (non-hydrogen) atoms. The van der Waals surface area contributed by atoms with Crippen molar-refractivity contribution in [3.63, 3.8) is 0 Å². The van der Waals surface area contributed by atoms with Gasteiger partial charge in [0.1, 0.15) is 5.82 Å². The first-order valence-electron chi connectivity index (χ1n) is 6.11. The fraction of sp³-hybridized carbons (Fsp3) is 0.500. The number of carbonyl (C=O) groups is 1. The molecule has 1 aromatic heterocycles. The number of nitrogens with zero attached hydrogens (tertiary/aromatic N) is 2. The Balaban J connectivity index is 2.14. The molecule has 2 heterocycles. The average Bonchev–Trinajstić information content (AvgIpc) is 2.68. The lowest BCUT2D eigenvalue weighted by Gasteiger charge is -2.26. The van der Waals surface area contributed by atoms with E-state index >= 15 is 0 Å². The molecule has 8 heteroatoms. The predicted octanol–water partition coefficient (Wildman–Crippen LogP) is 0.294. The van der Waals surface area contributed by atoms with Gasteiger partial charge < -0.3 is 5.11 Å². The Kier molecular flexibility index (Phi) is 4.34. The van der Waals surface area contributed by atoms with E-state index in [0.717, 1.165) is 6.20 Å². The summed E-state index contributed by atoms with van der Waals surface area (Å²) in [4.78, 5) is 16.2. The normalized spacial score (nSPS) is 21.2. The van der Waals surface area contributed by atoms with E-state index in [2.05, 4.69) is 4.98 Å². The molecular weight excluding hydrogens is 287 g/mol. The number of hydrogen-bond acceptors (Lipinski definition) is 5. The maximum absolute atomic E-state index is 13.1. The summed E-state index contributed by atoms with van der Waals surface area (Å²) < 4.78 is 36.1. The summed E-state index contributed by atoms with van der Waals surface area (Å²) in [6, 6.07) is 0.921. The van der Waals surface area contributed by atoms with Crippen LogP contribution in [0.3, 0.4) is 0 Å². The zero-order valence-electron chi connectivity index (χ0n) is 10.7. The van der Waals surface area contributed by atoms with E-state index in [-0.39, 0.29) is 30.6 Å². The largest absolute Gasteiger partial charge is 0.480 e. The van der Waals surface area contributed by atoms with Gasteiger partial charge in [-0.2, -0.15) is 0 Å². The van der Waals surface area contributed by atoms with E-state index < -0.39 is 21.6 Å². The van der Waals surface area contributed by atoms with Gasteiger partial charge >= 0.3 is 5.97 Å². The van der Waals surface area contributed by atoms with Crippen LogP contribution in [0.5, 0.6) is 0 Å². The van der Waals surface area contributed by atoms with E-state index in [4.69, 9.17) is 5.11 Å². The predicted molar refractivity (Wildman–Crippen MR) is 69.3 cm³/mol. The van der Waals surface area contributed by atoms with Crippen molar-refractivity contribution in [3.05, 3.63) is 29.8 Å². The fourth-order valence-electron chi connectivity index (χ4n) is 2.33. The summed E-state index contributed by atoms with van der Waals surface area (Å²) >= 11 is 0. The van der Waals surface area contributed by atoms with Gasteiger partial charge in [-0.25, -0.2) is 12.8 Å². The van der Waals surface area contributed by atoms with Crippen LogP contribution in [0.1, 0.15) is 12.0 Å². The van der Waals surface area contributed by atoms with Gasteiger partial charge in [0.2, 0.25) is 0 Å². The highest BCUT2D eigenvalue weighted by Crippen LogP contribution is 2.19. The lowest BCUT2D eigenvalue weighted by atomic mass is 10.2. The molecule has 110 valence electrons. The van der Waals surface area contributed by atoms with Crippen molar-refractivity contribution < 1.29 is 22.7 Å². The van der Waals surface area contributed by atoms with Gasteiger partial charge in [-0.1, -0.05) is 0 Å². The smallest absolute Gasteiger partial charge is 0.317 e. The summed E-state index contributed by atoms with van der Waals surface area (Å²) in [5.74, 6) is -1.53. The Morgan fingerprint density at radius 3 is 2.80 bits per heavy atom. The lowest BCUT2D eigenvalue weighted by Crippen LogP contribution is -2.39. The van der Waals surface area contributed by atoms with Crippen molar-refractivity contribution in [1.29, 1.82) is 0 Å². The Labute approximate surface area is 116 Å². The Morgan fingerprint density at radius 2 is 2.25 bits per heavy atom. The fourth-order valence-corrected chi connectivity index (χ4v) is 4.09. The molecular formula is C12H15FN2O4S. The second-order valence-corrected chi connectivity index (χ2v) is 7.10. The highest BCUT2D eigenvalue weighted by Gasteiger charge is 2.33. The van der Waals surface area contributed by atoms with Crippen molar-refractivity contribution in [2.75, 3.05) is 18.1 Å². The molecule has 0 amide bonds. The van der Waals surface area contributed by atoms with E-state index in [1.807, 2.05) is 0 Å². The van der Waals surface area contributed by atoms with Gasteiger partial charge in [0, 0.05) is 18.8 Å². The zero-order chi connectivity index (χ0) is 14.8. The number of carboxylic acids is 1. The molecule has 6 nitrogen and oxygen atoms in total. The van der Waals surface area contributed by atoms with E-state index in [0.29, 0.717) is 12.0 Å². The van der Waals surface area contributed by atoms with Crippen molar-refractivity contribution in [2.24, 2.45) is 0 Å². The van der Waals surface area contributed by atoms with Gasteiger partial charge in [-0.15, -0.1) is 0 Å². The van der Waals surface area contributed by atoms with Crippen LogP contribution < -0.4 is 0 Å². The quantitative estimate of drug-likeness (QED) is 0.841. The first-order valence-corrected chi connectivity index (χ1v) is 7.93. The van der Waals surface area contributed by atoms with E-state index in [1.54, 1.807) is 4.90 Å². The summed E-state index contributed by atoms with van der Waals surface area (Å²) in [5.41, 5.74) is 0.524. The molecule has 1 fully saturated rings. The first kappa shape index (κ1) is 14.9. The monoisotopic (exact) mass is 302 g/mol. The van der Waals surface area contributed by atoms with Crippen LogP contribution in [0.4, 0.5) is 4.39 Å². The van der Waals surface area contributed by atoms with Crippen LogP contribution >= 0.6 is 0 Å². The highest BCUT2D eigenvalue weighted by atomic mass is 32.2. The van der Waals surface area contributed by atoms with Crippen molar-refractivity contribution in [3.8, 4) is 0 Å². The van der Waals surface area contributed by atoms with Crippen LogP contribution in [-0.2, 0) is 21.2 Å². The molecule has 0 saturated carbocycles. The molecule has 0 bridgehead atoms. The molecule has 1 atom stereocenters. The third-order valence-corrected chi connectivity index (χ3v) is 4.96. The number of pyridine rings is 1. The minimum atomic E-state index is -3.10. The number of hydrogen-bond donors (Lipinski definition) is 1. The summed E-state index contributed by atoms with van der Waals surface area (Å²) in [7, 11) is -3.10. The zero-order valence-corrected chi connectivity index (χ0v) is 11.5. The molecule has 1 aliphatic heterocycles. The average molecular weight is 302 g/mol. The molecule has 0 aromatic carbocycles. The Bertz CT molecular complexity index is 605. The Hall–Kier alpha value is -1.54. The molecule has 0 spiro atoms. The van der Waals surface area contributed by atoms with Crippen LogP contribution in [0.2, 0.25) is 0 Å². The van der Waals surface area contributed by atoms with Crippen LogP contribution in [0.25, 0.3) is 0 Å². The standard InChI is InChI=1S/C12H15FN2O4S/c13-10-3-9(4-14-5-10)6-15(7-12(16)17)11-1-2-20(18,19)8-11/h3-5,11H,1-2,6-8H2,(H,16,17). The van der Waals surface area contributed by atoms with Crippen LogP contribution in [0.15, 0.2) is 18.5 Å². The van der Waals surface area contributed by atoms with Crippen molar-refractivity contribution in [2.45, 2.75) is 19.0 Å². The number of rotatable bonds is 5. The SMILES string of the molecule is O=C(O)CN(Cc1cncc(F)c1)C1CCS(=O)(=O)C1. The van der Waals surface area contributed by atoms with E-state index in [9.17, 15) is 17.6 Å². The number of aliphatic carboxylic acids is 1. The summed E-state index contributed by atoms with van der Waals surface area (Å²) in [6.07, 6.45) is 2.91. The van der Waals surface area contributed by atoms with Crippen LogP contribution in [0, 0.1) is 5.82 Å². The molecule has 1 saturated heterocycles. The lowest BCUT2D eigenvalue weighted by molar-refractivity contribution is -0.139. The highest BCUT2D eigenvalue weighted by molar-refractivity contribution is 7.91. The summed E-state index contributed by atoms with van der Waals surface area (Å²) in [5, 5.41) is 8.93. The number of carboxylic acid groups (broad SMARTS) is 1. The minimum Gasteiger partial charge on any atom is -0.480 e. The number of aromatic nitrogens is 1. The van der Waals surface area contributed by atoms with Crippen molar-refractivity contribution >= 4 is 15.8 Å².